The zero-order chi connectivity index (χ0) is 21.8. The first-order valence-electron chi connectivity index (χ1n) is 9.97. The molecule has 6 heteroatoms. The largest absolute Gasteiger partial charge is 0.475 e. The van der Waals surface area contributed by atoms with Crippen LogP contribution in [0.3, 0.4) is 0 Å². The summed E-state index contributed by atoms with van der Waals surface area (Å²) in [6, 6.07) is 24.7. The van der Waals surface area contributed by atoms with Gasteiger partial charge >= 0.3 is 5.97 Å². The highest BCUT2D eigenvalue weighted by Crippen LogP contribution is 2.32. The van der Waals surface area contributed by atoms with Gasteiger partial charge in [-0.3, -0.25) is 0 Å². The number of furan rings is 1. The average molecular weight is 496 g/mol. The third kappa shape index (κ3) is 5.39. The topological polar surface area (TPSA) is 53.7 Å². The first-order valence-corrected chi connectivity index (χ1v) is 11.5. The predicted octanol–water partition coefficient (Wildman–Crippen LogP) is 6.95. The van der Waals surface area contributed by atoms with Gasteiger partial charge in [0.05, 0.1) is 0 Å². The third-order valence-corrected chi connectivity index (χ3v) is 6.66. The molecule has 31 heavy (non-hydrogen) atoms. The molecule has 0 spiro atoms. The van der Waals surface area contributed by atoms with E-state index in [1.807, 2.05) is 24.3 Å². The van der Waals surface area contributed by atoms with Crippen LogP contribution in [0, 0.1) is 6.92 Å². The first-order chi connectivity index (χ1) is 15.0. The molecule has 4 aromatic rings. The molecule has 1 aromatic heterocycles. The zero-order valence-corrected chi connectivity index (χ0v) is 19.4. The number of halogens is 1. The Morgan fingerprint density at radius 2 is 1.77 bits per heavy atom. The van der Waals surface area contributed by atoms with Gasteiger partial charge in [-0.05, 0) is 66.8 Å². The van der Waals surface area contributed by atoms with E-state index in [1.165, 1.54) is 11.1 Å². The number of rotatable bonds is 8. The second kappa shape index (κ2) is 9.73. The van der Waals surface area contributed by atoms with Crippen LogP contribution in [0.15, 0.2) is 86.6 Å². The summed E-state index contributed by atoms with van der Waals surface area (Å²) in [5.74, 6) is -1.03. The van der Waals surface area contributed by atoms with Crippen LogP contribution in [0.25, 0.3) is 11.0 Å². The molecule has 1 heterocycles. The molecule has 0 saturated carbocycles. The minimum absolute atomic E-state index is 0.00736. The van der Waals surface area contributed by atoms with Crippen LogP contribution in [0.5, 0.6) is 0 Å². The molecule has 158 valence electrons. The Morgan fingerprint density at radius 1 is 1.03 bits per heavy atom. The molecule has 3 aromatic carbocycles. The molecule has 0 aliphatic rings. The lowest BCUT2D eigenvalue weighted by atomic mass is 10.1. The van der Waals surface area contributed by atoms with E-state index < -0.39 is 5.97 Å². The summed E-state index contributed by atoms with van der Waals surface area (Å²) in [7, 11) is 0. The maximum absolute atomic E-state index is 11.4. The number of benzene rings is 3. The van der Waals surface area contributed by atoms with Crippen molar-refractivity contribution in [3.05, 3.63) is 99.7 Å². The average Bonchev–Trinajstić information content (AvgIpc) is 3.11. The van der Waals surface area contributed by atoms with Crippen LogP contribution in [0.2, 0.25) is 0 Å². The Bertz CT molecular complexity index is 1190. The summed E-state index contributed by atoms with van der Waals surface area (Å²) in [6.07, 6.45) is 0.945. The highest BCUT2D eigenvalue weighted by atomic mass is 79.9. The molecule has 4 rings (SSSR count). The van der Waals surface area contributed by atoms with Crippen LogP contribution in [-0.4, -0.2) is 21.9 Å². The standard InChI is InChI=1S/C25H22BrNO3S/c1-17-22-15-21(11-12-23(22)30-24(17)25(28)29)31-27(14-13-18-5-3-2-4-6-18)16-19-7-9-20(26)10-8-19/h2-12,15H,13-14,16H2,1H3,(H,28,29). The van der Waals surface area contributed by atoms with Crippen LogP contribution in [-0.2, 0) is 13.0 Å². The SMILES string of the molecule is Cc1c(C(=O)O)oc2ccc(SN(CCc3ccccc3)Cc3ccc(Br)cc3)cc12. The molecule has 4 nitrogen and oxygen atoms in total. The summed E-state index contributed by atoms with van der Waals surface area (Å²) in [4.78, 5) is 12.4. The molecular weight excluding hydrogens is 474 g/mol. The van der Waals surface area contributed by atoms with Gasteiger partial charge in [-0.25, -0.2) is 9.10 Å². The van der Waals surface area contributed by atoms with E-state index in [1.54, 1.807) is 18.9 Å². The molecule has 0 fully saturated rings. The summed E-state index contributed by atoms with van der Waals surface area (Å²) < 4.78 is 8.91. The summed E-state index contributed by atoms with van der Waals surface area (Å²) >= 11 is 5.18. The Balaban J connectivity index is 1.57. The van der Waals surface area contributed by atoms with E-state index in [4.69, 9.17) is 4.42 Å². The van der Waals surface area contributed by atoms with Crippen molar-refractivity contribution in [3.63, 3.8) is 0 Å². The quantitative estimate of drug-likeness (QED) is 0.268. The van der Waals surface area contributed by atoms with Crippen LogP contribution < -0.4 is 0 Å². The molecule has 0 aliphatic carbocycles. The number of carbonyl (C=O) groups is 1. The van der Waals surface area contributed by atoms with Gasteiger partial charge in [0.2, 0.25) is 5.76 Å². The molecule has 0 radical (unpaired) electrons. The van der Waals surface area contributed by atoms with Crippen molar-refractivity contribution in [3.8, 4) is 0 Å². The lowest BCUT2D eigenvalue weighted by Gasteiger charge is -2.21. The number of carboxylic acid groups (broad SMARTS) is 1. The Labute approximate surface area is 194 Å². The highest BCUT2D eigenvalue weighted by Gasteiger charge is 2.17. The lowest BCUT2D eigenvalue weighted by Crippen LogP contribution is -2.18. The van der Waals surface area contributed by atoms with Crippen molar-refractivity contribution < 1.29 is 14.3 Å². The Morgan fingerprint density at radius 3 is 2.48 bits per heavy atom. The smallest absolute Gasteiger partial charge is 0.372 e. The third-order valence-electron chi connectivity index (χ3n) is 5.10. The van der Waals surface area contributed by atoms with Gasteiger partial charge < -0.3 is 9.52 Å². The van der Waals surface area contributed by atoms with Crippen LogP contribution in [0.4, 0.5) is 0 Å². The minimum atomic E-state index is -1.04. The predicted molar refractivity (Wildman–Crippen MR) is 128 cm³/mol. The number of fused-ring (bicyclic) bond motifs is 1. The molecule has 0 bridgehead atoms. The van der Waals surface area contributed by atoms with Gasteiger partial charge in [-0.15, -0.1) is 0 Å². The van der Waals surface area contributed by atoms with Crippen molar-refractivity contribution in [2.45, 2.75) is 24.8 Å². The number of hydrogen-bond acceptors (Lipinski definition) is 4. The van der Waals surface area contributed by atoms with E-state index in [2.05, 4.69) is 68.8 Å². The first kappa shape index (κ1) is 21.7. The van der Waals surface area contributed by atoms with Crippen LogP contribution in [0.1, 0.15) is 27.2 Å². The summed E-state index contributed by atoms with van der Waals surface area (Å²) in [6.45, 7) is 3.47. The number of carboxylic acids is 1. The van der Waals surface area contributed by atoms with E-state index in [0.29, 0.717) is 11.1 Å². The Hall–Kier alpha value is -2.54. The number of aryl methyl sites for hydroxylation is 1. The summed E-state index contributed by atoms with van der Waals surface area (Å²) in [5, 5.41) is 10.2. The molecule has 1 N–H and O–H groups in total. The fourth-order valence-corrected chi connectivity index (χ4v) is 4.72. The molecule has 0 aliphatic heterocycles. The van der Waals surface area contributed by atoms with E-state index in [-0.39, 0.29) is 5.76 Å². The van der Waals surface area contributed by atoms with E-state index >= 15 is 0 Å². The minimum Gasteiger partial charge on any atom is -0.475 e. The van der Waals surface area contributed by atoms with Gasteiger partial charge in [0.1, 0.15) is 5.58 Å². The number of hydrogen-bond donors (Lipinski definition) is 1. The van der Waals surface area contributed by atoms with Crippen molar-refractivity contribution >= 4 is 44.8 Å². The second-order valence-electron chi connectivity index (χ2n) is 7.34. The molecule has 0 atom stereocenters. The molecule has 0 amide bonds. The van der Waals surface area contributed by atoms with E-state index in [0.717, 1.165) is 34.3 Å². The molecule has 0 saturated heterocycles. The van der Waals surface area contributed by atoms with E-state index in [9.17, 15) is 9.90 Å². The van der Waals surface area contributed by atoms with Gasteiger partial charge in [-0.2, -0.15) is 0 Å². The van der Waals surface area contributed by atoms with Crippen molar-refractivity contribution in [1.82, 2.24) is 4.31 Å². The van der Waals surface area contributed by atoms with Crippen molar-refractivity contribution in [2.24, 2.45) is 0 Å². The molecular formula is C25H22BrNO3S. The number of aromatic carboxylic acids is 1. The van der Waals surface area contributed by atoms with Crippen molar-refractivity contribution in [2.75, 3.05) is 6.54 Å². The van der Waals surface area contributed by atoms with Gasteiger partial charge in [-0.1, -0.05) is 58.4 Å². The lowest BCUT2D eigenvalue weighted by molar-refractivity contribution is 0.0664. The normalized spacial score (nSPS) is 11.3. The highest BCUT2D eigenvalue weighted by molar-refractivity contribution is 9.10. The molecule has 0 unspecified atom stereocenters. The zero-order valence-electron chi connectivity index (χ0n) is 17.0. The fourth-order valence-electron chi connectivity index (χ4n) is 3.46. The maximum Gasteiger partial charge on any atom is 0.372 e. The van der Waals surface area contributed by atoms with Gasteiger partial charge in [0.15, 0.2) is 0 Å². The van der Waals surface area contributed by atoms with Crippen LogP contribution >= 0.6 is 27.9 Å². The summed E-state index contributed by atoms with van der Waals surface area (Å²) in [5.41, 5.74) is 3.80. The van der Waals surface area contributed by atoms with Crippen molar-refractivity contribution in [1.29, 1.82) is 0 Å². The monoisotopic (exact) mass is 495 g/mol. The Kier molecular flexibility index (Phi) is 6.80. The maximum atomic E-state index is 11.4. The van der Waals surface area contributed by atoms with Gasteiger partial charge in [0, 0.05) is 33.4 Å². The fraction of sp³-hybridized carbons (Fsp3) is 0.160. The number of nitrogens with zero attached hydrogens (tertiary/aromatic N) is 1. The van der Waals surface area contributed by atoms with Gasteiger partial charge in [0.25, 0.3) is 0 Å². The second-order valence-corrected chi connectivity index (χ2v) is 9.42.